The monoisotopic (exact) mass is 300 g/mol. The van der Waals surface area contributed by atoms with Crippen LogP contribution < -0.4 is 11.1 Å². The highest BCUT2D eigenvalue weighted by Crippen LogP contribution is 2.28. The molecule has 2 aromatic rings. The molecule has 0 radical (unpaired) electrons. The Balaban J connectivity index is 1.94. The molecule has 0 bridgehead atoms. The number of thioether (sulfide) groups is 1. The van der Waals surface area contributed by atoms with Crippen LogP contribution in [-0.4, -0.2) is 16.2 Å². The molecule has 18 heavy (non-hydrogen) atoms. The minimum Gasteiger partial charge on any atom is -0.351 e. The van der Waals surface area contributed by atoms with E-state index in [1.807, 2.05) is 24.3 Å². The van der Waals surface area contributed by atoms with E-state index in [1.54, 1.807) is 0 Å². The minimum atomic E-state index is -0.641. The van der Waals surface area contributed by atoms with Crippen LogP contribution >= 0.6 is 34.7 Å². The van der Waals surface area contributed by atoms with Gasteiger partial charge < -0.3 is 5.73 Å². The Morgan fingerprint density at radius 2 is 2.33 bits per heavy atom. The summed E-state index contributed by atoms with van der Waals surface area (Å²) < 4.78 is 0.763. The lowest BCUT2D eigenvalue weighted by atomic mass is 10.2. The number of benzene rings is 1. The van der Waals surface area contributed by atoms with Gasteiger partial charge >= 0.3 is 6.03 Å². The fraction of sp³-hybridized carbons (Fsp3) is 0.100. The quantitative estimate of drug-likeness (QED) is 0.672. The van der Waals surface area contributed by atoms with Gasteiger partial charge in [-0.15, -0.1) is 10.2 Å². The summed E-state index contributed by atoms with van der Waals surface area (Å²) >= 11 is 8.70. The number of amides is 2. The molecule has 8 heteroatoms. The first-order chi connectivity index (χ1) is 8.63. The van der Waals surface area contributed by atoms with Crippen molar-refractivity contribution in [1.29, 1.82) is 0 Å². The molecular formula is C10H9ClN4OS2. The third-order valence-corrected chi connectivity index (χ3v) is 4.17. The van der Waals surface area contributed by atoms with E-state index in [0.717, 1.165) is 15.7 Å². The first-order valence-corrected chi connectivity index (χ1v) is 7.09. The van der Waals surface area contributed by atoms with Crippen molar-refractivity contribution in [2.45, 2.75) is 10.1 Å². The van der Waals surface area contributed by atoms with E-state index in [9.17, 15) is 4.79 Å². The Kier molecular flexibility index (Phi) is 4.40. The molecule has 0 aliphatic carbocycles. The molecule has 1 heterocycles. The normalized spacial score (nSPS) is 10.3. The van der Waals surface area contributed by atoms with Gasteiger partial charge in [0.15, 0.2) is 4.34 Å². The molecule has 3 N–H and O–H groups in total. The summed E-state index contributed by atoms with van der Waals surface area (Å²) in [7, 11) is 0. The summed E-state index contributed by atoms with van der Waals surface area (Å²) in [6.07, 6.45) is 0. The highest BCUT2D eigenvalue weighted by Gasteiger charge is 2.06. The lowest BCUT2D eigenvalue weighted by Gasteiger charge is -1.98. The van der Waals surface area contributed by atoms with Gasteiger partial charge in [0.05, 0.1) is 0 Å². The predicted molar refractivity (Wildman–Crippen MR) is 74.1 cm³/mol. The third-order valence-electron chi connectivity index (χ3n) is 1.89. The largest absolute Gasteiger partial charge is 0.351 e. The van der Waals surface area contributed by atoms with Crippen molar-refractivity contribution in [1.82, 2.24) is 10.2 Å². The molecule has 1 aromatic heterocycles. The van der Waals surface area contributed by atoms with Crippen LogP contribution in [0.3, 0.4) is 0 Å². The highest BCUT2D eigenvalue weighted by molar-refractivity contribution is 8.00. The molecule has 5 nitrogen and oxygen atoms in total. The molecule has 0 unspecified atom stereocenters. The molecule has 1 aromatic carbocycles. The standard InChI is InChI=1S/C10H9ClN4OS2/c11-7-3-1-2-6(4-7)5-17-10-15-14-9(18-10)13-8(12)16/h1-4H,5H2,(H3,12,13,14,16). The zero-order chi connectivity index (χ0) is 13.0. The van der Waals surface area contributed by atoms with Gasteiger partial charge in [0, 0.05) is 10.8 Å². The van der Waals surface area contributed by atoms with Crippen LogP contribution in [0, 0.1) is 0 Å². The fourth-order valence-electron chi connectivity index (χ4n) is 1.20. The van der Waals surface area contributed by atoms with Crippen LogP contribution in [0.1, 0.15) is 5.56 Å². The van der Waals surface area contributed by atoms with Crippen LogP contribution in [0.4, 0.5) is 9.93 Å². The predicted octanol–water partition coefficient (Wildman–Crippen LogP) is 2.97. The molecule has 0 aliphatic heterocycles. The number of nitrogens with zero attached hydrogens (tertiary/aromatic N) is 2. The van der Waals surface area contributed by atoms with Crippen molar-refractivity contribution in [2.75, 3.05) is 5.32 Å². The maximum absolute atomic E-state index is 10.6. The second-order valence-electron chi connectivity index (χ2n) is 3.28. The zero-order valence-electron chi connectivity index (χ0n) is 9.09. The number of primary amides is 1. The van der Waals surface area contributed by atoms with Gasteiger partial charge in [-0.1, -0.05) is 46.8 Å². The average molecular weight is 301 g/mol. The van der Waals surface area contributed by atoms with Crippen molar-refractivity contribution < 1.29 is 4.79 Å². The lowest BCUT2D eigenvalue weighted by molar-refractivity contribution is 0.259. The summed E-state index contributed by atoms with van der Waals surface area (Å²) in [5.74, 6) is 0.742. The number of aromatic nitrogens is 2. The fourth-order valence-corrected chi connectivity index (χ4v) is 3.11. The van der Waals surface area contributed by atoms with E-state index in [4.69, 9.17) is 17.3 Å². The summed E-state index contributed by atoms with van der Waals surface area (Å²) in [6, 6.07) is 6.98. The second-order valence-corrected chi connectivity index (χ2v) is 5.92. The van der Waals surface area contributed by atoms with E-state index in [1.165, 1.54) is 23.1 Å². The van der Waals surface area contributed by atoms with Gasteiger partial charge in [-0.2, -0.15) is 0 Å². The lowest BCUT2D eigenvalue weighted by Crippen LogP contribution is -2.18. The minimum absolute atomic E-state index is 0.399. The molecule has 0 fully saturated rings. The Labute approximate surface area is 117 Å². The number of urea groups is 1. The molecule has 0 aliphatic rings. The summed E-state index contributed by atoms with van der Waals surface area (Å²) in [4.78, 5) is 10.6. The zero-order valence-corrected chi connectivity index (χ0v) is 11.5. The molecule has 2 rings (SSSR count). The first-order valence-electron chi connectivity index (χ1n) is 4.90. The molecule has 0 saturated heterocycles. The number of hydrogen-bond donors (Lipinski definition) is 2. The van der Waals surface area contributed by atoms with Crippen molar-refractivity contribution in [2.24, 2.45) is 5.73 Å². The van der Waals surface area contributed by atoms with Crippen molar-refractivity contribution in [3.05, 3.63) is 34.9 Å². The number of rotatable bonds is 4. The van der Waals surface area contributed by atoms with E-state index >= 15 is 0 Å². The second kappa shape index (κ2) is 6.03. The molecule has 0 saturated carbocycles. The van der Waals surface area contributed by atoms with Crippen LogP contribution in [0.5, 0.6) is 0 Å². The van der Waals surface area contributed by atoms with Crippen molar-refractivity contribution in [3.8, 4) is 0 Å². The number of carbonyl (C=O) groups excluding carboxylic acids is 1. The number of hydrogen-bond acceptors (Lipinski definition) is 5. The Morgan fingerprint density at radius 3 is 3.06 bits per heavy atom. The Hall–Kier alpha value is -1.31. The number of anilines is 1. The summed E-state index contributed by atoms with van der Waals surface area (Å²) in [5.41, 5.74) is 6.09. The van der Waals surface area contributed by atoms with Crippen LogP contribution in [0.15, 0.2) is 28.6 Å². The average Bonchev–Trinajstić information content (AvgIpc) is 2.73. The number of nitrogens with two attached hydrogens (primary N) is 1. The molecule has 0 spiro atoms. The Bertz CT molecular complexity index is 560. The van der Waals surface area contributed by atoms with Gasteiger partial charge in [-0.3, -0.25) is 5.32 Å². The molecule has 94 valence electrons. The van der Waals surface area contributed by atoms with Gasteiger partial charge in [-0.05, 0) is 17.7 Å². The number of carbonyl (C=O) groups is 1. The van der Waals surface area contributed by atoms with Crippen molar-refractivity contribution in [3.63, 3.8) is 0 Å². The molecule has 0 atom stereocenters. The van der Waals surface area contributed by atoms with Gasteiger partial charge in [0.2, 0.25) is 5.13 Å². The van der Waals surface area contributed by atoms with E-state index in [-0.39, 0.29) is 0 Å². The smallest absolute Gasteiger partial charge is 0.318 e. The topological polar surface area (TPSA) is 80.9 Å². The van der Waals surface area contributed by atoms with Crippen LogP contribution in [0.2, 0.25) is 5.02 Å². The van der Waals surface area contributed by atoms with Crippen LogP contribution in [-0.2, 0) is 5.75 Å². The third kappa shape index (κ3) is 3.86. The summed E-state index contributed by atoms with van der Waals surface area (Å²) in [5, 5.41) is 11.2. The van der Waals surface area contributed by atoms with Gasteiger partial charge in [0.25, 0.3) is 0 Å². The maximum atomic E-state index is 10.6. The van der Waals surface area contributed by atoms with Gasteiger partial charge in [-0.25, -0.2) is 4.79 Å². The van der Waals surface area contributed by atoms with E-state index in [0.29, 0.717) is 10.2 Å². The van der Waals surface area contributed by atoms with Crippen LogP contribution in [0.25, 0.3) is 0 Å². The number of halogens is 1. The SMILES string of the molecule is NC(=O)Nc1nnc(SCc2cccc(Cl)c2)s1. The Morgan fingerprint density at radius 1 is 1.50 bits per heavy atom. The highest BCUT2D eigenvalue weighted by atomic mass is 35.5. The van der Waals surface area contributed by atoms with Gasteiger partial charge in [0.1, 0.15) is 0 Å². The molecule has 2 amide bonds. The number of nitrogens with one attached hydrogen (secondary N) is 1. The van der Waals surface area contributed by atoms with E-state index in [2.05, 4.69) is 15.5 Å². The van der Waals surface area contributed by atoms with E-state index < -0.39 is 6.03 Å². The molecular weight excluding hydrogens is 292 g/mol. The maximum Gasteiger partial charge on any atom is 0.318 e. The first kappa shape index (κ1) is 13.1. The summed E-state index contributed by atoms with van der Waals surface area (Å²) in [6.45, 7) is 0. The van der Waals surface area contributed by atoms with Crippen molar-refractivity contribution >= 4 is 45.9 Å².